The Kier molecular flexibility index (Phi) is 5.77. The molecule has 1 fully saturated rings. The number of carboxylic acid groups (broad SMARTS) is 1. The topological polar surface area (TPSA) is 99.2 Å². The van der Waals surface area contributed by atoms with E-state index in [1.54, 1.807) is 6.07 Å². The van der Waals surface area contributed by atoms with Gasteiger partial charge in [-0.3, -0.25) is 9.69 Å². The van der Waals surface area contributed by atoms with Gasteiger partial charge in [0.1, 0.15) is 11.5 Å². The predicted molar refractivity (Wildman–Crippen MR) is 110 cm³/mol. The lowest BCUT2D eigenvalue weighted by Gasteiger charge is -2.32. The molecule has 9 heteroatoms. The summed E-state index contributed by atoms with van der Waals surface area (Å²) in [6, 6.07) is 5.77. The quantitative estimate of drug-likeness (QED) is 0.606. The number of hydrogen-bond donors (Lipinski definition) is 2. The van der Waals surface area contributed by atoms with Gasteiger partial charge in [-0.1, -0.05) is 13.0 Å². The second-order valence-electron chi connectivity index (χ2n) is 7.76. The third-order valence-corrected chi connectivity index (χ3v) is 5.78. The van der Waals surface area contributed by atoms with Crippen molar-refractivity contribution in [2.75, 3.05) is 13.1 Å². The molecular formula is C22H22F2N4O3. The van der Waals surface area contributed by atoms with E-state index >= 15 is 0 Å². The number of rotatable bonds is 5. The molecule has 162 valence electrons. The molecule has 1 aliphatic heterocycles. The van der Waals surface area contributed by atoms with Gasteiger partial charge in [0.05, 0.1) is 11.0 Å². The Morgan fingerprint density at radius 3 is 2.61 bits per heavy atom. The molecule has 0 unspecified atom stereocenters. The highest BCUT2D eigenvalue weighted by Gasteiger charge is 2.25. The number of fused-ring (bicyclic) bond motifs is 1. The number of piperidine rings is 1. The number of H-pyrrole nitrogens is 1. The number of benzene rings is 1. The smallest absolute Gasteiger partial charge is 0.354 e. The fourth-order valence-electron chi connectivity index (χ4n) is 4.06. The molecular weight excluding hydrogens is 406 g/mol. The van der Waals surface area contributed by atoms with Gasteiger partial charge >= 0.3 is 5.97 Å². The molecule has 7 nitrogen and oxygen atoms in total. The number of aromatic nitrogens is 3. The number of halogens is 2. The van der Waals surface area contributed by atoms with E-state index in [9.17, 15) is 18.4 Å². The summed E-state index contributed by atoms with van der Waals surface area (Å²) in [6.07, 6.45) is 1.77. The van der Waals surface area contributed by atoms with Crippen LogP contribution in [0, 0.1) is 11.8 Å². The molecule has 3 heterocycles. The molecule has 0 saturated carbocycles. The van der Waals surface area contributed by atoms with E-state index in [-0.39, 0.29) is 23.0 Å². The minimum Gasteiger partial charge on any atom is -0.477 e. The van der Waals surface area contributed by atoms with Gasteiger partial charge < -0.3 is 10.1 Å². The Hall–Kier alpha value is -3.20. The number of carboxylic acids is 1. The van der Waals surface area contributed by atoms with Crippen molar-refractivity contribution >= 4 is 17.0 Å². The van der Waals surface area contributed by atoms with Crippen LogP contribution in [0.15, 0.2) is 29.1 Å². The van der Waals surface area contributed by atoms with Crippen molar-refractivity contribution in [2.24, 2.45) is 0 Å². The summed E-state index contributed by atoms with van der Waals surface area (Å²) in [5.74, 6) is -2.46. The van der Waals surface area contributed by atoms with Crippen molar-refractivity contribution in [2.45, 2.75) is 38.6 Å². The maximum absolute atomic E-state index is 14.6. The first-order valence-electron chi connectivity index (χ1n) is 10.2. The molecule has 0 amide bonds. The lowest BCUT2D eigenvalue weighted by atomic mass is 9.90. The van der Waals surface area contributed by atoms with Gasteiger partial charge in [-0.2, -0.15) is 4.39 Å². The van der Waals surface area contributed by atoms with Crippen LogP contribution in [0.5, 0.6) is 0 Å². The molecule has 3 aromatic rings. The van der Waals surface area contributed by atoms with Crippen LogP contribution in [-0.4, -0.2) is 44.0 Å². The maximum Gasteiger partial charge on any atom is 0.354 e. The van der Waals surface area contributed by atoms with Crippen LogP contribution in [0.3, 0.4) is 0 Å². The van der Waals surface area contributed by atoms with Gasteiger partial charge in [-0.25, -0.2) is 19.2 Å². The normalized spacial score (nSPS) is 15.5. The van der Waals surface area contributed by atoms with E-state index in [0.29, 0.717) is 66.8 Å². The number of hydrogen-bond acceptors (Lipinski definition) is 5. The Morgan fingerprint density at radius 2 is 1.97 bits per heavy atom. The highest BCUT2D eigenvalue weighted by Crippen LogP contribution is 2.30. The monoisotopic (exact) mass is 428 g/mol. The first kappa shape index (κ1) is 21.0. The van der Waals surface area contributed by atoms with Gasteiger partial charge in [0.25, 0.3) is 5.56 Å². The van der Waals surface area contributed by atoms with Crippen molar-refractivity contribution in [3.8, 4) is 0 Å². The summed E-state index contributed by atoms with van der Waals surface area (Å²) in [6.45, 7) is 3.45. The summed E-state index contributed by atoms with van der Waals surface area (Å²) in [4.78, 5) is 35.6. The zero-order valence-electron chi connectivity index (χ0n) is 17.0. The van der Waals surface area contributed by atoms with E-state index in [1.807, 2.05) is 6.92 Å². The van der Waals surface area contributed by atoms with Crippen LogP contribution in [-0.2, 0) is 13.0 Å². The summed E-state index contributed by atoms with van der Waals surface area (Å²) >= 11 is 0. The van der Waals surface area contributed by atoms with Crippen molar-refractivity contribution in [3.05, 3.63) is 68.9 Å². The minimum absolute atomic E-state index is 0.0685. The molecule has 0 aliphatic carbocycles. The Labute approximate surface area is 176 Å². The number of aromatic carboxylic acids is 1. The van der Waals surface area contributed by atoms with Crippen molar-refractivity contribution in [1.29, 1.82) is 0 Å². The standard InChI is InChI=1S/C22H22F2N4O3/c1-2-16-21(29)27-18-9-13(15(23)10-19(18)25-16)11-28-7-5-12(6-8-28)14-3-4-17(22(30)31)26-20(14)24/h3-4,9-10,12H,2,5-8,11H2,1H3,(H,27,29)(H,30,31). The number of pyridine rings is 1. The molecule has 1 aliphatic rings. The molecule has 2 N–H and O–H groups in total. The Bertz CT molecular complexity index is 1200. The van der Waals surface area contributed by atoms with Crippen LogP contribution >= 0.6 is 0 Å². The fraction of sp³-hybridized carbons (Fsp3) is 0.364. The van der Waals surface area contributed by atoms with Gasteiger partial charge in [0.15, 0.2) is 5.69 Å². The zero-order valence-corrected chi connectivity index (χ0v) is 17.0. The predicted octanol–water partition coefficient (Wildman–Crippen LogP) is 3.24. The van der Waals surface area contributed by atoms with E-state index in [0.717, 1.165) is 0 Å². The number of nitrogens with one attached hydrogen (secondary N) is 1. The average Bonchev–Trinajstić information content (AvgIpc) is 2.75. The van der Waals surface area contributed by atoms with Crippen LogP contribution in [0.2, 0.25) is 0 Å². The van der Waals surface area contributed by atoms with Crippen LogP contribution in [0.25, 0.3) is 11.0 Å². The summed E-state index contributed by atoms with van der Waals surface area (Å²) < 4.78 is 28.9. The number of carbonyl (C=O) groups is 1. The summed E-state index contributed by atoms with van der Waals surface area (Å²) in [7, 11) is 0. The second kappa shape index (κ2) is 8.50. The molecule has 0 bridgehead atoms. The molecule has 1 saturated heterocycles. The van der Waals surface area contributed by atoms with Crippen molar-refractivity contribution in [3.63, 3.8) is 0 Å². The molecule has 0 atom stereocenters. The van der Waals surface area contributed by atoms with Gasteiger partial charge in [0.2, 0.25) is 5.95 Å². The van der Waals surface area contributed by atoms with E-state index in [1.165, 1.54) is 18.2 Å². The lowest BCUT2D eigenvalue weighted by Crippen LogP contribution is -2.33. The third-order valence-electron chi connectivity index (χ3n) is 5.78. The van der Waals surface area contributed by atoms with Crippen LogP contribution in [0.1, 0.15) is 53.0 Å². The maximum atomic E-state index is 14.6. The zero-order chi connectivity index (χ0) is 22.1. The van der Waals surface area contributed by atoms with Gasteiger partial charge in [-0.15, -0.1) is 0 Å². The van der Waals surface area contributed by atoms with E-state index in [2.05, 4.69) is 19.9 Å². The Morgan fingerprint density at radius 1 is 1.23 bits per heavy atom. The highest BCUT2D eigenvalue weighted by molar-refractivity contribution is 5.85. The number of aromatic amines is 1. The lowest BCUT2D eigenvalue weighted by molar-refractivity contribution is 0.0689. The van der Waals surface area contributed by atoms with Gasteiger partial charge in [0, 0.05) is 23.7 Å². The minimum atomic E-state index is -1.26. The third kappa shape index (κ3) is 4.32. The highest BCUT2D eigenvalue weighted by atomic mass is 19.1. The number of nitrogens with zero attached hydrogens (tertiary/aromatic N) is 3. The van der Waals surface area contributed by atoms with E-state index in [4.69, 9.17) is 5.11 Å². The molecule has 2 aromatic heterocycles. The Balaban J connectivity index is 1.46. The second-order valence-corrected chi connectivity index (χ2v) is 7.76. The first-order valence-corrected chi connectivity index (χ1v) is 10.2. The van der Waals surface area contributed by atoms with Crippen LogP contribution < -0.4 is 5.56 Å². The number of aryl methyl sites for hydroxylation is 1. The summed E-state index contributed by atoms with van der Waals surface area (Å²) in [5, 5.41) is 8.93. The number of likely N-dealkylation sites (tertiary alicyclic amines) is 1. The largest absolute Gasteiger partial charge is 0.477 e. The first-order chi connectivity index (χ1) is 14.9. The van der Waals surface area contributed by atoms with Gasteiger partial charge in [-0.05, 0) is 50.4 Å². The van der Waals surface area contributed by atoms with E-state index < -0.39 is 11.9 Å². The van der Waals surface area contributed by atoms with Crippen LogP contribution in [0.4, 0.5) is 8.78 Å². The molecule has 4 rings (SSSR count). The van der Waals surface area contributed by atoms with Crippen molar-refractivity contribution < 1.29 is 18.7 Å². The molecule has 31 heavy (non-hydrogen) atoms. The molecule has 1 aromatic carbocycles. The average molecular weight is 428 g/mol. The fourth-order valence-corrected chi connectivity index (χ4v) is 4.06. The molecule has 0 radical (unpaired) electrons. The molecule has 0 spiro atoms. The summed E-state index contributed by atoms with van der Waals surface area (Å²) in [5.41, 5.74) is 1.59. The SMILES string of the molecule is CCc1nc2cc(F)c(CN3CCC(c4ccc(C(=O)O)nc4F)CC3)cc2[nH]c1=O. The van der Waals surface area contributed by atoms with Crippen molar-refractivity contribution in [1.82, 2.24) is 19.9 Å².